The molecule has 1 amide bonds. The smallest absolute Gasteiger partial charge is 0.344 e. The molecule has 0 radical (unpaired) electrons. The SMILES string of the molecule is C=CCOC(=O)C(Cl)N1C(=O)[C@H]([C@@H](C)O[Si](C)(C)C(C)(C)C)[C@H]1CC(=O)c1cn(C)c(C)n1. The average molecular weight is 498 g/mol. The van der Waals surface area contributed by atoms with Crippen LogP contribution in [-0.4, -0.2) is 64.7 Å². The number of carbonyl (C=O) groups excluding carboxylic acids is 3. The fourth-order valence-corrected chi connectivity index (χ4v) is 5.37. The Kier molecular flexibility index (Phi) is 8.35. The van der Waals surface area contributed by atoms with Gasteiger partial charge < -0.3 is 18.6 Å². The summed E-state index contributed by atoms with van der Waals surface area (Å²) in [6, 6.07) is -0.606. The van der Waals surface area contributed by atoms with Gasteiger partial charge in [-0.25, -0.2) is 9.78 Å². The average Bonchev–Trinajstić information content (AvgIpc) is 3.02. The van der Waals surface area contributed by atoms with Crippen LogP contribution in [0.2, 0.25) is 18.1 Å². The Balaban J connectivity index is 2.30. The van der Waals surface area contributed by atoms with Crippen LogP contribution in [0, 0.1) is 12.8 Å². The number of halogens is 1. The Morgan fingerprint density at radius 2 is 1.97 bits per heavy atom. The van der Waals surface area contributed by atoms with Gasteiger partial charge in [0.05, 0.1) is 18.1 Å². The standard InChI is InChI=1S/C23H36ClN3O5Si/c1-10-11-31-22(30)20(24)27-17(12-18(28)16-13-26(7)15(3)25-16)19(21(27)29)14(2)32-33(8,9)23(4,5)6/h10,13-14,17,19-20H,1,11-12H2,2-9H3/t14-,17-,19-,20?/m1/s1. The van der Waals surface area contributed by atoms with Crippen molar-refractivity contribution in [1.82, 2.24) is 14.5 Å². The van der Waals surface area contributed by atoms with E-state index >= 15 is 0 Å². The first-order valence-corrected chi connectivity index (χ1v) is 14.4. The van der Waals surface area contributed by atoms with Gasteiger partial charge in [0.2, 0.25) is 11.4 Å². The zero-order valence-corrected chi connectivity index (χ0v) is 22.6. The number of β-lactam (4-membered cyclic amide) rings is 1. The van der Waals surface area contributed by atoms with E-state index in [-0.39, 0.29) is 29.8 Å². The Hall–Kier alpha value is -1.97. The summed E-state index contributed by atoms with van der Waals surface area (Å²) in [5.41, 5.74) is -1.02. The fourth-order valence-electron chi connectivity index (χ4n) is 3.64. The van der Waals surface area contributed by atoms with Crippen molar-refractivity contribution in [3.63, 3.8) is 0 Å². The van der Waals surface area contributed by atoms with E-state index in [0.717, 1.165) is 0 Å². The predicted octanol–water partition coefficient (Wildman–Crippen LogP) is 3.83. The lowest BCUT2D eigenvalue weighted by Gasteiger charge is -2.52. The number of alkyl halides is 1. The third-order valence-corrected chi connectivity index (χ3v) is 11.6. The normalized spacial score (nSPS) is 20.8. The van der Waals surface area contributed by atoms with Crippen LogP contribution in [0.5, 0.6) is 0 Å². The summed E-state index contributed by atoms with van der Waals surface area (Å²) in [6.07, 6.45) is 2.62. The van der Waals surface area contributed by atoms with Crippen LogP contribution in [0.15, 0.2) is 18.9 Å². The summed E-state index contributed by atoms with van der Waals surface area (Å²) in [6.45, 7) is 17.7. The van der Waals surface area contributed by atoms with Gasteiger partial charge >= 0.3 is 5.97 Å². The van der Waals surface area contributed by atoms with Gasteiger partial charge in [0, 0.05) is 19.7 Å². The largest absolute Gasteiger partial charge is 0.459 e. The molecule has 1 unspecified atom stereocenters. The molecular formula is C23H36ClN3O5Si. The number of ketones is 1. The maximum Gasteiger partial charge on any atom is 0.344 e. The molecule has 1 saturated heterocycles. The van der Waals surface area contributed by atoms with E-state index in [1.807, 2.05) is 6.92 Å². The highest BCUT2D eigenvalue weighted by atomic mass is 35.5. The van der Waals surface area contributed by atoms with E-state index in [4.69, 9.17) is 20.8 Å². The first-order chi connectivity index (χ1) is 15.1. The van der Waals surface area contributed by atoms with Crippen molar-refractivity contribution < 1.29 is 23.5 Å². The molecule has 184 valence electrons. The molecule has 0 aromatic carbocycles. The number of carbonyl (C=O) groups is 3. The molecular weight excluding hydrogens is 462 g/mol. The number of esters is 1. The fraction of sp³-hybridized carbons (Fsp3) is 0.652. The van der Waals surface area contributed by atoms with Crippen molar-refractivity contribution in [2.24, 2.45) is 13.0 Å². The van der Waals surface area contributed by atoms with Gasteiger partial charge in [-0.1, -0.05) is 45.0 Å². The second kappa shape index (κ2) is 10.1. The number of aromatic nitrogens is 2. The summed E-state index contributed by atoms with van der Waals surface area (Å²) in [5, 5.41) is -0.0476. The molecule has 0 saturated carbocycles. The van der Waals surface area contributed by atoms with Crippen LogP contribution < -0.4 is 0 Å². The molecule has 8 nitrogen and oxygen atoms in total. The van der Waals surface area contributed by atoms with Gasteiger partial charge in [0.15, 0.2) is 14.1 Å². The van der Waals surface area contributed by atoms with Gasteiger partial charge in [0.1, 0.15) is 18.1 Å². The topological polar surface area (TPSA) is 90.7 Å². The molecule has 1 aromatic rings. The number of imidazole rings is 1. The lowest BCUT2D eigenvalue weighted by atomic mass is 9.80. The maximum absolute atomic E-state index is 13.2. The molecule has 1 aromatic heterocycles. The van der Waals surface area contributed by atoms with Crippen LogP contribution in [-0.2, 0) is 25.8 Å². The van der Waals surface area contributed by atoms with Crippen LogP contribution in [0.3, 0.4) is 0 Å². The van der Waals surface area contributed by atoms with E-state index in [9.17, 15) is 14.4 Å². The lowest BCUT2D eigenvalue weighted by Crippen LogP contribution is -2.69. The molecule has 10 heteroatoms. The van der Waals surface area contributed by atoms with Crippen molar-refractivity contribution in [3.05, 3.63) is 30.4 Å². The van der Waals surface area contributed by atoms with Crippen molar-refractivity contribution in [3.8, 4) is 0 Å². The third-order valence-electron chi connectivity index (χ3n) is 6.67. The van der Waals surface area contributed by atoms with Gasteiger partial charge in [-0.3, -0.25) is 9.59 Å². The van der Waals surface area contributed by atoms with E-state index in [1.54, 1.807) is 24.7 Å². The van der Waals surface area contributed by atoms with Gasteiger partial charge in [0.25, 0.3) is 0 Å². The molecule has 2 heterocycles. The number of hydrogen-bond acceptors (Lipinski definition) is 6. The summed E-state index contributed by atoms with van der Waals surface area (Å²) < 4.78 is 13.2. The van der Waals surface area contributed by atoms with E-state index in [0.29, 0.717) is 11.5 Å². The zero-order valence-electron chi connectivity index (χ0n) is 20.8. The number of likely N-dealkylation sites (tertiary alicyclic amines) is 1. The number of hydrogen-bond donors (Lipinski definition) is 0. The number of amides is 1. The zero-order chi connectivity index (χ0) is 25.3. The number of ether oxygens (including phenoxy) is 1. The highest BCUT2D eigenvalue weighted by molar-refractivity contribution is 6.74. The first kappa shape index (κ1) is 27.3. The van der Waals surface area contributed by atoms with Crippen LogP contribution in [0.1, 0.15) is 50.4 Å². The van der Waals surface area contributed by atoms with E-state index in [1.165, 1.54) is 11.0 Å². The summed E-state index contributed by atoms with van der Waals surface area (Å²) >= 11 is 6.33. The highest BCUT2D eigenvalue weighted by Crippen LogP contribution is 2.42. The Bertz CT molecular complexity index is 904. The number of nitrogens with zero attached hydrogens (tertiary/aromatic N) is 3. The van der Waals surface area contributed by atoms with Crippen LogP contribution in [0.4, 0.5) is 0 Å². The van der Waals surface area contributed by atoms with Crippen molar-refractivity contribution in [2.75, 3.05) is 6.61 Å². The minimum absolute atomic E-state index is 0.0178. The maximum atomic E-state index is 13.2. The quantitative estimate of drug-likeness (QED) is 0.0927. The number of rotatable bonds is 10. The molecule has 4 atom stereocenters. The molecule has 0 bridgehead atoms. The van der Waals surface area contributed by atoms with Crippen molar-refractivity contribution in [2.45, 2.75) is 76.8 Å². The molecule has 2 rings (SSSR count). The second-order valence-electron chi connectivity index (χ2n) is 10.1. The monoisotopic (exact) mass is 497 g/mol. The van der Waals surface area contributed by atoms with Crippen LogP contribution >= 0.6 is 11.6 Å². The predicted molar refractivity (Wildman–Crippen MR) is 130 cm³/mol. The van der Waals surface area contributed by atoms with Crippen molar-refractivity contribution in [1.29, 1.82) is 0 Å². The second-order valence-corrected chi connectivity index (χ2v) is 15.3. The van der Waals surface area contributed by atoms with Crippen molar-refractivity contribution >= 4 is 37.6 Å². The number of Topliss-reactive ketones (excluding diaryl/α,β-unsaturated/α-hetero) is 1. The summed E-state index contributed by atoms with van der Waals surface area (Å²) in [5.74, 6) is -1.20. The Morgan fingerprint density at radius 1 is 1.36 bits per heavy atom. The lowest BCUT2D eigenvalue weighted by molar-refractivity contribution is -0.172. The Morgan fingerprint density at radius 3 is 2.45 bits per heavy atom. The van der Waals surface area contributed by atoms with Crippen LogP contribution in [0.25, 0.3) is 0 Å². The number of aryl methyl sites for hydroxylation is 2. The van der Waals surface area contributed by atoms with Gasteiger partial charge in [-0.05, 0) is 32.0 Å². The third kappa shape index (κ3) is 5.75. The van der Waals surface area contributed by atoms with Gasteiger partial charge in [-0.15, -0.1) is 0 Å². The summed E-state index contributed by atoms with van der Waals surface area (Å²) in [4.78, 5) is 44.1. The van der Waals surface area contributed by atoms with E-state index < -0.39 is 37.9 Å². The molecule has 0 spiro atoms. The van der Waals surface area contributed by atoms with E-state index in [2.05, 4.69) is 45.4 Å². The molecule has 33 heavy (non-hydrogen) atoms. The molecule has 1 aliphatic rings. The first-order valence-electron chi connectivity index (χ1n) is 11.1. The molecule has 0 aliphatic carbocycles. The minimum Gasteiger partial charge on any atom is -0.459 e. The highest BCUT2D eigenvalue weighted by Gasteiger charge is 2.56. The molecule has 0 N–H and O–H groups in total. The summed E-state index contributed by atoms with van der Waals surface area (Å²) in [7, 11) is -0.370. The van der Waals surface area contributed by atoms with Gasteiger partial charge in [-0.2, -0.15) is 0 Å². The Labute approximate surface area is 202 Å². The minimum atomic E-state index is -2.18. The molecule has 1 fully saturated rings. The molecule has 1 aliphatic heterocycles.